The van der Waals surface area contributed by atoms with Crippen LogP contribution >= 0.6 is 0 Å². The zero-order valence-electron chi connectivity index (χ0n) is 8.92. The molecule has 0 bridgehead atoms. The van der Waals surface area contributed by atoms with Crippen LogP contribution in [0, 0.1) is 0 Å². The van der Waals surface area contributed by atoms with Crippen LogP contribution in [-0.4, -0.2) is 38.9 Å². The second-order valence-electron chi connectivity index (χ2n) is 4.06. The number of nitrogens with one attached hydrogen (secondary N) is 1. The van der Waals surface area contributed by atoms with Crippen molar-refractivity contribution in [3.8, 4) is 0 Å². The Hall–Kier alpha value is -0.180. The summed E-state index contributed by atoms with van der Waals surface area (Å²) >= 11 is 0. The van der Waals surface area contributed by atoms with Crippen molar-refractivity contribution in [1.29, 1.82) is 0 Å². The second-order valence-corrected chi connectivity index (χ2v) is 7.50. The van der Waals surface area contributed by atoms with E-state index in [-0.39, 0.29) is 6.04 Å². The van der Waals surface area contributed by atoms with E-state index in [0.717, 1.165) is 32.1 Å². The first-order valence-electron chi connectivity index (χ1n) is 5.24. The molecule has 0 amide bonds. The zero-order chi connectivity index (χ0) is 12.2. The first-order chi connectivity index (χ1) is 7.29. The minimum absolute atomic E-state index is 0.0832. The number of sulfonamides is 1. The Morgan fingerprint density at radius 2 is 1.56 bits per heavy atom. The molecule has 1 fully saturated rings. The molecule has 0 unspecified atom stereocenters. The van der Waals surface area contributed by atoms with E-state index < -0.39 is 31.6 Å². The van der Waals surface area contributed by atoms with Gasteiger partial charge in [0.25, 0.3) is 10.1 Å². The minimum Gasteiger partial charge on any atom is -0.286 e. The molecule has 0 heterocycles. The van der Waals surface area contributed by atoms with Crippen molar-refractivity contribution < 1.29 is 21.4 Å². The van der Waals surface area contributed by atoms with Gasteiger partial charge in [0.1, 0.15) is 0 Å². The van der Waals surface area contributed by atoms with Crippen molar-refractivity contribution in [2.24, 2.45) is 0 Å². The summed E-state index contributed by atoms with van der Waals surface area (Å²) in [6, 6.07) is -0.0832. The van der Waals surface area contributed by atoms with E-state index in [0.29, 0.717) is 0 Å². The first kappa shape index (κ1) is 13.9. The molecule has 0 aliphatic heterocycles. The normalized spacial score (nSPS) is 19.8. The van der Waals surface area contributed by atoms with Crippen LogP contribution in [0.4, 0.5) is 0 Å². The van der Waals surface area contributed by atoms with Gasteiger partial charge >= 0.3 is 0 Å². The van der Waals surface area contributed by atoms with Crippen LogP contribution in [0.15, 0.2) is 0 Å². The van der Waals surface area contributed by atoms with Gasteiger partial charge in [0.05, 0.1) is 11.5 Å². The topological polar surface area (TPSA) is 101 Å². The molecule has 0 radical (unpaired) electrons. The molecule has 0 aromatic heterocycles. The molecular weight excluding hydrogens is 254 g/mol. The van der Waals surface area contributed by atoms with Crippen molar-refractivity contribution in [3.05, 3.63) is 0 Å². The molecule has 16 heavy (non-hydrogen) atoms. The third kappa shape index (κ3) is 5.78. The molecule has 0 saturated heterocycles. The van der Waals surface area contributed by atoms with Crippen LogP contribution in [0.5, 0.6) is 0 Å². The van der Waals surface area contributed by atoms with Crippen molar-refractivity contribution in [1.82, 2.24) is 4.72 Å². The van der Waals surface area contributed by atoms with E-state index >= 15 is 0 Å². The summed E-state index contributed by atoms with van der Waals surface area (Å²) < 4.78 is 54.7. The van der Waals surface area contributed by atoms with Gasteiger partial charge in [0, 0.05) is 6.04 Å². The largest absolute Gasteiger partial charge is 0.286 e. The second kappa shape index (κ2) is 5.44. The molecule has 0 spiro atoms. The van der Waals surface area contributed by atoms with E-state index in [1.807, 2.05) is 0 Å². The summed E-state index contributed by atoms with van der Waals surface area (Å²) in [5.74, 6) is -1.34. The smallest absolute Gasteiger partial charge is 0.265 e. The maximum absolute atomic E-state index is 11.5. The first-order valence-corrected chi connectivity index (χ1v) is 8.50. The molecule has 1 rings (SSSR count). The van der Waals surface area contributed by atoms with Crippen LogP contribution < -0.4 is 4.72 Å². The molecule has 1 saturated carbocycles. The molecule has 0 aromatic rings. The summed E-state index contributed by atoms with van der Waals surface area (Å²) in [6.07, 6.45) is 4.69. The quantitative estimate of drug-likeness (QED) is 0.692. The number of hydrogen-bond donors (Lipinski definition) is 2. The van der Waals surface area contributed by atoms with Crippen LogP contribution in [0.1, 0.15) is 32.1 Å². The van der Waals surface area contributed by atoms with Crippen LogP contribution in [-0.2, 0) is 20.1 Å². The lowest BCUT2D eigenvalue weighted by Gasteiger charge is -2.22. The van der Waals surface area contributed by atoms with Gasteiger partial charge in [0.15, 0.2) is 0 Å². The molecule has 96 valence electrons. The summed E-state index contributed by atoms with van der Waals surface area (Å²) in [6.45, 7) is 0. The summed E-state index contributed by atoms with van der Waals surface area (Å²) in [7, 11) is -7.82. The molecule has 1 aliphatic carbocycles. The van der Waals surface area contributed by atoms with Crippen molar-refractivity contribution in [3.63, 3.8) is 0 Å². The molecule has 6 nitrogen and oxygen atoms in total. The highest BCUT2D eigenvalue weighted by Crippen LogP contribution is 2.18. The van der Waals surface area contributed by atoms with Crippen LogP contribution in [0.2, 0.25) is 0 Å². The lowest BCUT2D eigenvalue weighted by atomic mass is 9.96. The van der Waals surface area contributed by atoms with Gasteiger partial charge in [-0.05, 0) is 12.8 Å². The molecular formula is C8H17NO5S2. The van der Waals surface area contributed by atoms with Crippen molar-refractivity contribution in [2.75, 3.05) is 11.5 Å². The molecule has 8 heteroatoms. The molecule has 0 atom stereocenters. The van der Waals surface area contributed by atoms with Gasteiger partial charge in [0.2, 0.25) is 10.0 Å². The Bertz CT molecular complexity index is 408. The van der Waals surface area contributed by atoms with Gasteiger partial charge < -0.3 is 0 Å². The van der Waals surface area contributed by atoms with Gasteiger partial charge in [-0.3, -0.25) is 4.55 Å². The van der Waals surface area contributed by atoms with E-state index in [2.05, 4.69) is 4.72 Å². The van der Waals surface area contributed by atoms with E-state index in [4.69, 9.17) is 4.55 Å². The summed E-state index contributed by atoms with van der Waals surface area (Å²) in [4.78, 5) is 0. The maximum atomic E-state index is 11.5. The minimum atomic E-state index is -4.22. The van der Waals surface area contributed by atoms with E-state index in [1.54, 1.807) is 0 Å². The fourth-order valence-electron chi connectivity index (χ4n) is 1.75. The molecule has 0 aromatic carbocycles. The lowest BCUT2D eigenvalue weighted by Crippen LogP contribution is -2.38. The van der Waals surface area contributed by atoms with E-state index in [1.165, 1.54) is 0 Å². The fourth-order valence-corrected chi connectivity index (χ4v) is 4.33. The SMILES string of the molecule is O=S(=O)(O)CCS(=O)(=O)NC1CCCCC1. The fraction of sp³-hybridized carbons (Fsp3) is 1.00. The average molecular weight is 271 g/mol. The van der Waals surface area contributed by atoms with E-state index in [9.17, 15) is 16.8 Å². The zero-order valence-corrected chi connectivity index (χ0v) is 10.6. The Balaban J connectivity index is 2.44. The monoisotopic (exact) mass is 271 g/mol. The molecule has 1 aliphatic rings. The highest BCUT2D eigenvalue weighted by Gasteiger charge is 2.21. The van der Waals surface area contributed by atoms with Gasteiger partial charge in [-0.2, -0.15) is 8.42 Å². The van der Waals surface area contributed by atoms with Gasteiger partial charge in [-0.25, -0.2) is 13.1 Å². The van der Waals surface area contributed by atoms with Crippen molar-refractivity contribution >= 4 is 20.1 Å². The predicted molar refractivity (Wildman–Crippen MR) is 60.2 cm³/mol. The van der Waals surface area contributed by atoms with Gasteiger partial charge in [-0.1, -0.05) is 19.3 Å². The summed E-state index contributed by atoms with van der Waals surface area (Å²) in [5, 5.41) is 0. The Kier molecular flexibility index (Phi) is 4.72. The predicted octanol–water partition coefficient (Wildman–Crippen LogP) is 0.126. The average Bonchev–Trinajstić information content (AvgIpc) is 2.15. The Morgan fingerprint density at radius 1 is 1.00 bits per heavy atom. The maximum Gasteiger partial charge on any atom is 0.265 e. The summed E-state index contributed by atoms with van der Waals surface area (Å²) in [5.41, 5.74) is 0. The highest BCUT2D eigenvalue weighted by molar-refractivity contribution is 7.91. The van der Waals surface area contributed by atoms with Crippen LogP contribution in [0.3, 0.4) is 0 Å². The third-order valence-electron chi connectivity index (χ3n) is 2.56. The van der Waals surface area contributed by atoms with Crippen molar-refractivity contribution in [2.45, 2.75) is 38.1 Å². The van der Waals surface area contributed by atoms with Gasteiger partial charge in [-0.15, -0.1) is 0 Å². The highest BCUT2D eigenvalue weighted by atomic mass is 32.2. The Morgan fingerprint density at radius 3 is 2.06 bits per heavy atom. The molecule has 2 N–H and O–H groups in total. The number of rotatable bonds is 5. The lowest BCUT2D eigenvalue weighted by molar-refractivity contribution is 0.412. The van der Waals surface area contributed by atoms with Crippen LogP contribution in [0.25, 0.3) is 0 Å². The standard InChI is InChI=1S/C8H17NO5S2/c10-15(11,6-7-16(12,13)14)9-8-4-2-1-3-5-8/h8-9H,1-7H2,(H,12,13,14). The number of hydrogen-bond acceptors (Lipinski definition) is 4. The third-order valence-corrected chi connectivity index (χ3v) is 4.97. The Labute approximate surface area is 96.2 Å².